The minimum absolute atomic E-state index is 0.0243. The molecule has 1 atom stereocenters. The standard InChI is InChI=1S/C11H21NO2/c1-8(2)11(13)10-7-14-6-5-12(10)9(3)4/h8-10H,5-7H2,1-4H3/t10-/m0/s1. The summed E-state index contributed by atoms with van der Waals surface area (Å²) in [5.41, 5.74) is 0. The maximum absolute atomic E-state index is 11.9. The number of carbonyl (C=O) groups is 1. The number of hydrogen-bond donors (Lipinski definition) is 0. The van der Waals surface area contributed by atoms with Gasteiger partial charge in [0.2, 0.25) is 0 Å². The monoisotopic (exact) mass is 199 g/mol. The lowest BCUT2D eigenvalue weighted by Gasteiger charge is -2.38. The molecule has 0 aromatic carbocycles. The minimum atomic E-state index is -0.0243. The second kappa shape index (κ2) is 4.89. The molecule has 0 radical (unpaired) electrons. The second-order valence-corrected chi connectivity index (χ2v) is 4.48. The van der Waals surface area contributed by atoms with Crippen molar-refractivity contribution in [1.29, 1.82) is 0 Å². The Morgan fingerprint density at radius 3 is 2.50 bits per heavy atom. The summed E-state index contributed by atoms with van der Waals surface area (Å²) in [5, 5.41) is 0. The molecule has 0 bridgehead atoms. The molecule has 1 heterocycles. The van der Waals surface area contributed by atoms with Crippen molar-refractivity contribution in [3.63, 3.8) is 0 Å². The first-order chi connectivity index (χ1) is 6.54. The highest BCUT2D eigenvalue weighted by Gasteiger charge is 2.31. The Bertz CT molecular complexity index is 201. The van der Waals surface area contributed by atoms with Gasteiger partial charge in [-0.2, -0.15) is 0 Å². The van der Waals surface area contributed by atoms with Gasteiger partial charge in [0.1, 0.15) is 0 Å². The lowest BCUT2D eigenvalue weighted by Crippen LogP contribution is -2.53. The Morgan fingerprint density at radius 1 is 1.36 bits per heavy atom. The number of nitrogens with zero attached hydrogens (tertiary/aromatic N) is 1. The molecule has 3 nitrogen and oxygen atoms in total. The molecule has 0 saturated carbocycles. The SMILES string of the molecule is CC(C)C(=O)[C@@H]1COCCN1C(C)C. The van der Waals surface area contributed by atoms with E-state index in [4.69, 9.17) is 4.74 Å². The van der Waals surface area contributed by atoms with Crippen LogP contribution in [0, 0.1) is 5.92 Å². The van der Waals surface area contributed by atoms with E-state index in [2.05, 4.69) is 18.7 Å². The van der Waals surface area contributed by atoms with Crippen LogP contribution in [0.2, 0.25) is 0 Å². The van der Waals surface area contributed by atoms with Gasteiger partial charge in [-0.1, -0.05) is 13.8 Å². The molecule has 1 aliphatic rings. The summed E-state index contributed by atoms with van der Waals surface area (Å²) in [6.07, 6.45) is 0. The molecule has 0 unspecified atom stereocenters. The molecule has 0 amide bonds. The highest BCUT2D eigenvalue weighted by Crippen LogP contribution is 2.15. The predicted molar refractivity (Wildman–Crippen MR) is 56.3 cm³/mol. The number of Topliss-reactive ketones (excluding diaryl/α,β-unsaturated/α-hetero) is 1. The molecule has 14 heavy (non-hydrogen) atoms. The molecule has 1 fully saturated rings. The van der Waals surface area contributed by atoms with Crippen molar-refractivity contribution >= 4 is 5.78 Å². The van der Waals surface area contributed by atoms with Gasteiger partial charge in [-0.3, -0.25) is 9.69 Å². The third-order valence-electron chi connectivity index (χ3n) is 2.73. The molecule has 0 N–H and O–H groups in total. The number of ether oxygens (including phenoxy) is 1. The highest BCUT2D eigenvalue weighted by molar-refractivity contribution is 5.86. The van der Waals surface area contributed by atoms with E-state index < -0.39 is 0 Å². The third-order valence-corrected chi connectivity index (χ3v) is 2.73. The van der Waals surface area contributed by atoms with Crippen molar-refractivity contribution in [3.8, 4) is 0 Å². The second-order valence-electron chi connectivity index (χ2n) is 4.48. The number of hydrogen-bond acceptors (Lipinski definition) is 3. The third kappa shape index (κ3) is 2.55. The van der Waals surface area contributed by atoms with Gasteiger partial charge in [0.25, 0.3) is 0 Å². The van der Waals surface area contributed by atoms with E-state index in [0.29, 0.717) is 18.4 Å². The van der Waals surface area contributed by atoms with Gasteiger partial charge in [-0.05, 0) is 13.8 Å². The fraction of sp³-hybridized carbons (Fsp3) is 0.909. The molecule has 0 aromatic heterocycles. The Labute approximate surface area is 86.4 Å². The van der Waals surface area contributed by atoms with Gasteiger partial charge in [-0.25, -0.2) is 0 Å². The van der Waals surface area contributed by atoms with Crippen LogP contribution in [0.4, 0.5) is 0 Å². The van der Waals surface area contributed by atoms with Crippen LogP contribution < -0.4 is 0 Å². The van der Waals surface area contributed by atoms with Gasteiger partial charge < -0.3 is 4.74 Å². The largest absolute Gasteiger partial charge is 0.378 e. The molecule has 0 aliphatic carbocycles. The normalized spacial score (nSPS) is 24.6. The zero-order valence-electron chi connectivity index (χ0n) is 9.62. The number of morpholine rings is 1. The molecular formula is C11H21NO2. The Hall–Kier alpha value is -0.410. The van der Waals surface area contributed by atoms with E-state index in [1.807, 2.05) is 13.8 Å². The first kappa shape index (κ1) is 11.7. The molecule has 82 valence electrons. The average molecular weight is 199 g/mol. The van der Waals surface area contributed by atoms with Crippen LogP contribution in [0.25, 0.3) is 0 Å². The van der Waals surface area contributed by atoms with Crippen LogP contribution in [-0.4, -0.2) is 42.5 Å². The molecule has 0 spiro atoms. The first-order valence-corrected chi connectivity index (χ1v) is 5.41. The van der Waals surface area contributed by atoms with Crippen molar-refractivity contribution < 1.29 is 9.53 Å². The van der Waals surface area contributed by atoms with Gasteiger partial charge in [0.05, 0.1) is 19.3 Å². The van der Waals surface area contributed by atoms with Crippen LogP contribution in [0.1, 0.15) is 27.7 Å². The van der Waals surface area contributed by atoms with Crippen molar-refractivity contribution in [2.45, 2.75) is 39.8 Å². The quantitative estimate of drug-likeness (QED) is 0.686. The predicted octanol–water partition coefficient (Wildman–Crippen LogP) is 1.32. The van der Waals surface area contributed by atoms with E-state index in [1.54, 1.807) is 0 Å². The Balaban J connectivity index is 2.67. The van der Waals surface area contributed by atoms with Crippen LogP contribution >= 0.6 is 0 Å². The van der Waals surface area contributed by atoms with E-state index in [0.717, 1.165) is 13.2 Å². The fourth-order valence-electron chi connectivity index (χ4n) is 1.86. The summed E-state index contributed by atoms with van der Waals surface area (Å²) < 4.78 is 5.37. The van der Waals surface area contributed by atoms with E-state index in [1.165, 1.54) is 0 Å². The summed E-state index contributed by atoms with van der Waals surface area (Å²) in [4.78, 5) is 14.1. The summed E-state index contributed by atoms with van der Waals surface area (Å²) in [6.45, 7) is 10.4. The molecule has 0 aromatic rings. The van der Waals surface area contributed by atoms with Crippen LogP contribution in [-0.2, 0) is 9.53 Å². The Morgan fingerprint density at radius 2 is 2.00 bits per heavy atom. The smallest absolute Gasteiger partial charge is 0.154 e. The maximum atomic E-state index is 11.9. The van der Waals surface area contributed by atoms with Crippen LogP contribution in [0.5, 0.6) is 0 Å². The maximum Gasteiger partial charge on any atom is 0.154 e. The minimum Gasteiger partial charge on any atom is -0.378 e. The molecule has 1 rings (SSSR count). The Kier molecular flexibility index (Phi) is 4.08. The van der Waals surface area contributed by atoms with Gasteiger partial charge in [0.15, 0.2) is 5.78 Å². The number of rotatable bonds is 3. The number of ketones is 1. The highest BCUT2D eigenvalue weighted by atomic mass is 16.5. The average Bonchev–Trinajstić information content (AvgIpc) is 2.16. The summed E-state index contributed by atoms with van der Waals surface area (Å²) in [5.74, 6) is 0.404. The van der Waals surface area contributed by atoms with E-state index in [-0.39, 0.29) is 12.0 Å². The molecule has 1 aliphatic heterocycles. The van der Waals surface area contributed by atoms with Crippen molar-refractivity contribution in [2.24, 2.45) is 5.92 Å². The van der Waals surface area contributed by atoms with Crippen molar-refractivity contribution in [2.75, 3.05) is 19.8 Å². The van der Waals surface area contributed by atoms with Crippen molar-refractivity contribution in [3.05, 3.63) is 0 Å². The zero-order chi connectivity index (χ0) is 10.7. The topological polar surface area (TPSA) is 29.5 Å². The zero-order valence-corrected chi connectivity index (χ0v) is 9.62. The molecular weight excluding hydrogens is 178 g/mol. The molecule has 3 heteroatoms. The summed E-state index contributed by atoms with van der Waals surface area (Å²) >= 11 is 0. The molecule has 1 saturated heterocycles. The lowest BCUT2D eigenvalue weighted by molar-refractivity contribution is -0.134. The summed E-state index contributed by atoms with van der Waals surface area (Å²) in [6, 6.07) is 0.398. The van der Waals surface area contributed by atoms with E-state index >= 15 is 0 Å². The van der Waals surface area contributed by atoms with Gasteiger partial charge in [-0.15, -0.1) is 0 Å². The van der Waals surface area contributed by atoms with Gasteiger partial charge >= 0.3 is 0 Å². The van der Waals surface area contributed by atoms with Gasteiger partial charge in [0, 0.05) is 18.5 Å². The lowest BCUT2D eigenvalue weighted by atomic mass is 9.99. The first-order valence-electron chi connectivity index (χ1n) is 5.41. The fourth-order valence-corrected chi connectivity index (χ4v) is 1.86. The van der Waals surface area contributed by atoms with Crippen LogP contribution in [0.3, 0.4) is 0 Å². The van der Waals surface area contributed by atoms with Crippen LogP contribution in [0.15, 0.2) is 0 Å². The van der Waals surface area contributed by atoms with E-state index in [9.17, 15) is 4.79 Å². The number of carbonyl (C=O) groups excluding carboxylic acids is 1. The summed E-state index contributed by atoms with van der Waals surface area (Å²) in [7, 11) is 0. The van der Waals surface area contributed by atoms with Crippen molar-refractivity contribution in [1.82, 2.24) is 4.90 Å².